The van der Waals surface area contributed by atoms with Crippen LogP contribution in [0.15, 0.2) is 54.6 Å². The summed E-state index contributed by atoms with van der Waals surface area (Å²) in [6.07, 6.45) is 2.70. The Labute approximate surface area is 260 Å². The number of fused-ring (bicyclic) bond motifs is 6. The Morgan fingerprint density at radius 2 is 1.09 bits per heavy atom. The third-order valence-corrected chi connectivity index (χ3v) is 7.91. The van der Waals surface area contributed by atoms with Crippen LogP contribution in [0.2, 0.25) is 0 Å². The van der Waals surface area contributed by atoms with Crippen molar-refractivity contribution in [3.05, 3.63) is 76.9 Å². The standard InChI is InChI=1S/C36H32O9/c1-19(37)42-25-9-13-29-23(14-25)8-11-30-35(29)32(44-21(3)39)18-33(41-5)36(30)45-26-10-12-28-22(15-26)6-7-24-16-27(40-4)17-31(34(24)28)43-20(2)38/h9-10,12-18H,6-8,11H2,1-5H3. The first-order chi connectivity index (χ1) is 21.6. The van der Waals surface area contributed by atoms with Gasteiger partial charge in [0.1, 0.15) is 28.7 Å². The van der Waals surface area contributed by atoms with E-state index in [1.54, 1.807) is 32.4 Å². The Morgan fingerprint density at radius 1 is 0.533 bits per heavy atom. The van der Waals surface area contributed by atoms with Gasteiger partial charge in [0, 0.05) is 49.6 Å². The molecule has 0 aliphatic heterocycles. The summed E-state index contributed by atoms with van der Waals surface area (Å²) < 4.78 is 34.4. The van der Waals surface area contributed by atoms with Crippen molar-refractivity contribution in [2.24, 2.45) is 0 Å². The van der Waals surface area contributed by atoms with Crippen molar-refractivity contribution in [3.63, 3.8) is 0 Å². The lowest BCUT2D eigenvalue weighted by Gasteiger charge is -2.27. The average Bonchev–Trinajstić information content (AvgIpc) is 3.00. The molecule has 9 nitrogen and oxygen atoms in total. The predicted octanol–water partition coefficient (Wildman–Crippen LogP) is 6.80. The van der Waals surface area contributed by atoms with Crippen molar-refractivity contribution < 1.29 is 42.8 Å². The highest BCUT2D eigenvalue weighted by molar-refractivity contribution is 5.86. The Kier molecular flexibility index (Phi) is 7.93. The van der Waals surface area contributed by atoms with Crippen LogP contribution in [0.4, 0.5) is 0 Å². The number of benzene rings is 4. The number of hydrogen-bond acceptors (Lipinski definition) is 9. The Morgan fingerprint density at radius 3 is 1.73 bits per heavy atom. The molecule has 9 heteroatoms. The van der Waals surface area contributed by atoms with Gasteiger partial charge in [0.15, 0.2) is 11.5 Å². The minimum absolute atomic E-state index is 0.360. The third kappa shape index (κ3) is 5.81. The molecule has 4 aromatic rings. The number of carbonyl (C=O) groups excluding carboxylic acids is 3. The van der Waals surface area contributed by atoms with E-state index < -0.39 is 17.9 Å². The second kappa shape index (κ2) is 12.0. The zero-order valence-corrected chi connectivity index (χ0v) is 25.7. The quantitative estimate of drug-likeness (QED) is 0.165. The highest BCUT2D eigenvalue weighted by Gasteiger charge is 2.29. The Hall–Kier alpha value is -5.31. The molecule has 0 N–H and O–H groups in total. The number of methoxy groups -OCH3 is 2. The molecular formula is C36H32O9. The maximum atomic E-state index is 12.1. The summed E-state index contributed by atoms with van der Waals surface area (Å²) in [7, 11) is 3.13. The molecule has 0 saturated heterocycles. The zero-order valence-electron chi connectivity index (χ0n) is 25.7. The number of rotatable bonds is 7. The van der Waals surface area contributed by atoms with Gasteiger partial charge in [-0.05, 0) is 83.8 Å². The minimum atomic E-state index is -0.461. The van der Waals surface area contributed by atoms with Crippen LogP contribution >= 0.6 is 0 Å². The first kappa shape index (κ1) is 29.7. The van der Waals surface area contributed by atoms with E-state index in [0.29, 0.717) is 53.1 Å². The molecule has 0 atom stereocenters. The van der Waals surface area contributed by atoms with Gasteiger partial charge in [-0.15, -0.1) is 0 Å². The van der Waals surface area contributed by atoms with Crippen LogP contribution < -0.4 is 28.4 Å². The second-order valence-electron chi connectivity index (χ2n) is 10.9. The molecule has 0 amide bonds. The molecule has 2 aliphatic carbocycles. The minimum Gasteiger partial charge on any atom is -0.497 e. The monoisotopic (exact) mass is 608 g/mol. The maximum absolute atomic E-state index is 12.1. The van der Waals surface area contributed by atoms with Gasteiger partial charge < -0.3 is 28.4 Å². The summed E-state index contributed by atoms with van der Waals surface area (Å²) in [5.41, 5.74) is 7.28. The van der Waals surface area contributed by atoms with E-state index in [4.69, 9.17) is 28.4 Å². The number of hydrogen-bond donors (Lipinski definition) is 0. The van der Waals surface area contributed by atoms with Crippen molar-refractivity contribution in [2.45, 2.75) is 46.5 Å². The molecule has 6 rings (SSSR count). The molecular weight excluding hydrogens is 576 g/mol. The van der Waals surface area contributed by atoms with Crippen molar-refractivity contribution in [1.82, 2.24) is 0 Å². The van der Waals surface area contributed by atoms with Crippen molar-refractivity contribution in [1.29, 1.82) is 0 Å². The van der Waals surface area contributed by atoms with Crippen LogP contribution in [-0.2, 0) is 40.1 Å². The summed E-state index contributed by atoms with van der Waals surface area (Å²) in [5, 5.41) is 0. The van der Waals surface area contributed by atoms with E-state index >= 15 is 0 Å². The van der Waals surface area contributed by atoms with Gasteiger partial charge in [-0.25, -0.2) is 0 Å². The fraction of sp³-hybridized carbons (Fsp3) is 0.250. The van der Waals surface area contributed by atoms with Crippen molar-refractivity contribution in [2.75, 3.05) is 14.2 Å². The van der Waals surface area contributed by atoms with Crippen LogP contribution in [0.5, 0.6) is 40.2 Å². The van der Waals surface area contributed by atoms with Crippen LogP contribution in [-0.4, -0.2) is 32.1 Å². The molecule has 0 fully saturated rings. The normalized spacial score (nSPS) is 12.5. The third-order valence-electron chi connectivity index (χ3n) is 7.91. The first-order valence-electron chi connectivity index (χ1n) is 14.6. The molecule has 0 saturated carbocycles. The largest absolute Gasteiger partial charge is 0.497 e. The Balaban J connectivity index is 1.43. The van der Waals surface area contributed by atoms with Gasteiger partial charge in [-0.2, -0.15) is 0 Å². The van der Waals surface area contributed by atoms with Crippen molar-refractivity contribution in [3.8, 4) is 62.5 Å². The summed E-state index contributed by atoms with van der Waals surface area (Å²) in [6.45, 7) is 4.09. The number of esters is 3. The van der Waals surface area contributed by atoms with Gasteiger partial charge in [-0.1, -0.05) is 12.1 Å². The highest BCUT2D eigenvalue weighted by Crippen LogP contribution is 2.51. The van der Waals surface area contributed by atoms with Crippen molar-refractivity contribution >= 4 is 17.9 Å². The smallest absolute Gasteiger partial charge is 0.308 e. The summed E-state index contributed by atoms with van der Waals surface area (Å²) in [6, 6.07) is 16.6. The maximum Gasteiger partial charge on any atom is 0.308 e. The van der Waals surface area contributed by atoms with Crippen LogP contribution in [0.3, 0.4) is 0 Å². The molecule has 45 heavy (non-hydrogen) atoms. The molecule has 0 radical (unpaired) electrons. The van der Waals surface area contributed by atoms with E-state index in [2.05, 4.69) is 0 Å². The van der Waals surface area contributed by atoms with Crippen LogP contribution in [0, 0.1) is 0 Å². The number of aryl methyl sites for hydroxylation is 3. The molecule has 2 aliphatic rings. The zero-order chi connectivity index (χ0) is 31.8. The van der Waals surface area contributed by atoms with Crippen LogP contribution in [0.1, 0.15) is 43.0 Å². The first-order valence-corrected chi connectivity index (χ1v) is 14.6. The van der Waals surface area contributed by atoms with Gasteiger partial charge in [0.2, 0.25) is 0 Å². The molecule has 0 unspecified atom stereocenters. The summed E-state index contributed by atoms with van der Waals surface area (Å²) in [5.74, 6) is 2.20. The molecule has 0 spiro atoms. The predicted molar refractivity (Wildman–Crippen MR) is 166 cm³/mol. The topological polar surface area (TPSA) is 107 Å². The average molecular weight is 609 g/mol. The lowest BCUT2D eigenvalue weighted by molar-refractivity contribution is -0.132. The fourth-order valence-corrected chi connectivity index (χ4v) is 6.18. The lowest BCUT2D eigenvalue weighted by atomic mass is 9.84. The van der Waals surface area contributed by atoms with Gasteiger partial charge in [0.05, 0.1) is 14.2 Å². The SMILES string of the molecule is COc1cc2c(c(OC(C)=O)c1)-c1ccc(Oc3c(OC)cc(OC(C)=O)c4c3CCc3cc(OC(C)=O)ccc3-4)cc1CC2. The number of carbonyl (C=O) groups is 3. The summed E-state index contributed by atoms with van der Waals surface area (Å²) >= 11 is 0. The molecule has 230 valence electrons. The molecule has 0 aromatic heterocycles. The molecule has 0 heterocycles. The van der Waals surface area contributed by atoms with E-state index in [9.17, 15) is 14.4 Å². The molecule has 0 bridgehead atoms. The van der Waals surface area contributed by atoms with Gasteiger partial charge in [0.25, 0.3) is 0 Å². The lowest BCUT2D eigenvalue weighted by Crippen LogP contribution is -2.12. The van der Waals surface area contributed by atoms with E-state index in [1.807, 2.05) is 36.4 Å². The second-order valence-corrected chi connectivity index (χ2v) is 10.9. The highest BCUT2D eigenvalue weighted by atomic mass is 16.5. The molecule has 4 aromatic carbocycles. The van der Waals surface area contributed by atoms with Gasteiger partial charge >= 0.3 is 17.9 Å². The van der Waals surface area contributed by atoms with E-state index in [-0.39, 0.29) is 0 Å². The number of ether oxygens (including phenoxy) is 6. The van der Waals surface area contributed by atoms with Gasteiger partial charge in [-0.3, -0.25) is 14.4 Å². The van der Waals surface area contributed by atoms with Crippen LogP contribution in [0.25, 0.3) is 22.3 Å². The van der Waals surface area contributed by atoms with E-state index in [0.717, 1.165) is 57.3 Å². The summed E-state index contributed by atoms with van der Waals surface area (Å²) in [4.78, 5) is 35.6. The Bertz CT molecular complexity index is 1870. The van der Waals surface area contributed by atoms with E-state index in [1.165, 1.54) is 20.8 Å². The fourth-order valence-electron chi connectivity index (χ4n) is 6.18.